The van der Waals surface area contributed by atoms with E-state index in [9.17, 15) is 43.2 Å². The second-order valence-electron chi connectivity index (χ2n) is 26.9. The lowest BCUT2D eigenvalue weighted by molar-refractivity contribution is -0.161. The standard InChI is InChI=1S/C72H140O17P2/c1-8-11-12-13-14-15-16-22-25-32-41-48-55-71(76)89-68(60-83-70(75)54-47-40-35-34-38-45-52-65(7)10-3)62-87-91(80,81)85-58-66(73)57-84-90(78,79)86-61-67(59-82-69(74)53-46-39-31-28-27-30-37-44-51-64(6)9-2)88-72(77)56-49-42-33-26-23-20-18-17-19-21-24-29-36-43-50-63(4)5/h63-68,73H,8-62H2,1-7H3,(H,78,79)(H,80,81)/t64?,65?,66-,67-,68-/m1/s1. The lowest BCUT2D eigenvalue weighted by Gasteiger charge is -2.21. The van der Waals surface area contributed by atoms with Crippen molar-refractivity contribution in [3.05, 3.63) is 0 Å². The normalized spacial score (nSPS) is 14.8. The number of unbranched alkanes of at least 4 members (excludes halogenated alkanes) is 36. The number of aliphatic hydroxyl groups is 1. The van der Waals surface area contributed by atoms with E-state index in [-0.39, 0.29) is 25.7 Å². The van der Waals surface area contributed by atoms with Gasteiger partial charge >= 0.3 is 39.5 Å². The predicted molar refractivity (Wildman–Crippen MR) is 368 cm³/mol. The third-order valence-electron chi connectivity index (χ3n) is 17.4. The van der Waals surface area contributed by atoms with Gasteiger partial charge in [0.15, 0.2) is 12.2 Å². The predicted octanol–water partition coefficient (Wildman–Crippen LogP) is 20.6. The second kappa shape index (κ2) is 62.8. The summed E-state index contributed by atoms with van der Waals surface area (Å²) in [6.07, 6.45) is 47.1. The van der Waals surface area contributed by atoms with Crippen LogP contribution in [0.2, 0.25) is 0 Å². The molecule has 0 radical (unpaired) electrons. The van der Waals surface area contributed by atoms with Crippen LogP contribution in [-0.2, 0) is 65.4 Å². The van der Waals surface area contributed by atoms with Crippen molar-refractivity contribution in [3.8, 4) is 0 Å². The van der Waals surface area contributed by atoms with Crippen LogP contribution in [0.25, 0.3) is 0 Å². The van der Waals surface area contributed by atoms with E-state index >= 15 is 0 Å². The highest BCUT2D eigenvalue weighted by molar-refractivity contribution is 7.47. The van der Waals surface area contributed by atoms with E-state index in [1.165, 1.54) is 167 Å². The number of hydrogen-bond donors (Lipinski definition) is 3. The van der Waals surface area contributed by atoms with E-state index in [2.05, 4.69) is 48.5 Å². The average Bonchev–Trinajstić information content (AvgIpc) is 3.57. The van der Waals surface area contributed by atoms with Gasteiger partial charge in [0.05, 0.1) is 26.4 Å². The topological polar surface area (TPSA) is 237 Å². The van der Waals surface area contributed by atoms with Crippen molar-refractivity contribution in [3.63, 3.8) is 0 Å². The maximum absolute atomic E-state index is 13.0. The average molecular weight is 1340 g/mol. The molecule has 0 spiro atoms. The molecule has 0 saturated carbocycles. The van der Waals surface area contributed by atoms with Crippen LogP contribution in [0.3, 0.4) is 0 Å². The fraction of sp³-hybridized carbons (Fsp3) is 0.944. The second-order valence-corrected chi connectivity index (χ2v) is 29.8. The van der Waals surface area contributed by atoms with Gasteiger partial charge in [-0.1, -0.05) is 312 Å². The summed E-state index contributed by atoms with van der Waals surface area (Å²) in [6, 6.07) is 0. The van der Waals surface area contributed by atoms with Crippen LogP contribution in [0.15, 0.2) is 0 Å². The molecular weight excluding hydrogens is 1200 g/mol. The number of carbonyl (C=O) groups is 4. The zero-order chi connectivity index (χ0) is 67.3. The van der Waals surface area contributed by atoms with E-state index in [0.717, 1.165) is 114 Å². The fourth-order valence-electron chi connectivity index (χ4n) is 10.8. The first-order chi connectivity index (χ1) is 43.8. The first kappa shape index (κ1) is 89.1. The molecule has 4 unspecified atom stereocenters. The Bertz CT molecular complexity index is 1790. The molecule has 3 N–H and O–H groups in total. The van der Waals surface area contributed by atoms with Crippen LogP contribution in [0.5, 0.6) is 0 Å². The molecule has 0 rings (SSSR count). The highest BCUT2D eigenvalue weighted by atomic mass is 31.2. The third kappa shape index (κ3) is 63.9. The fourth-order valence-corrected chi connectivity index (χ4v) is 12.4. The van der Waals surface area contributed by atoms with Gasteiger partial charge in [0.25, 0.3) is 0 Å². The molecule has 0 aromatic carbocycles. The summed E-state index contributed by atoms with van der Waals surface area (Å²) in [5, 5.41) is 10.6. The van der Waals surface area contributed by atoms with Gasteiger partial charge in [-0.05, 0) is 43.4 Å². The number of carbonyl (C=O) groups excluding carboxylic acids is 4. The smallest absolute Gasteiger partial charge is 0.462 e. The lowest BCUT2D eigenvalue weighted by Crippen LogP contribution is -2.30. The Morgan fingerprint density at radius 1 is 0.319 bits per heavy atom. The van der Waals surface area contributed by atoms with E-state index in [0.29, 0.717) is 25.7 Å². The Kier molecular flexibility index (Phi) is 61.5. The largest absolute Gasteiger partial charge is 0.472 e. The first-order valence-electron chi connectivity index (χ1n) is 37.4. The van der Waals surface area contributed by atoms with Gasteiger partial charge < -0.3 is 33.8 Å². The van der Waals surface area contributed by atoms with Crippen LogP contribution in [0, 0.1) is 17.8 Å². The Balaban J connectivity index is 5.25. The molecule has 19 heteroatoms. The van der Waals surface area contributed by atoms with E-state index in [1.54, 1.807) is 0 Å². The Hall–Kier alpha value is -1.94. The summed E-state index contributed by atoms with van der Waals surface area (Å²) >= 11 is 0. The Morgan fingerprint density at radius 3 is 0.835 bits per heavy atom. The number of phosphoric acid groups is 2. The molecule has 540 valence electrons. The van der Waals surface area contributed by atoms with Gasteiger partial charge in [-0.25, -0.2) is 9.13 Å². The minimum Gasteiger partial charge on any atom is -0.462 e. The first-order valence-corrected chi connectivity index (χ1v) is 40.4. The highest BCUT2D eigenvalue weighted by Gasteiger charge is 2.30. The van der Waals surface area contributed by atoms with Crippen molar-refractivity contribution in [2.24, 2.45) is 17.8 Å². The summed E-state index contributed by atoms with van der Waals surface area (Å²) in [6.45, 7) is 11.9. The van der Waals surface area contributed by atoms with Gasteiger partial charge in [-0.3, -0.25) is 37.3 Å². The molecule has 0 aliphatic carbocycles. The van der Waals surface area contributed by atoms with E-state index in [4.69, 9.17) is 37.0 Å². The monoisotopic (exact) mass is 1340 g/mol. The molecule has 0 heterocycles. The zero-order valence-corrected chi connectivity index (χ0v) is 61.1. The molecule has 0 fully saturated rings. The summed E-state index contributed by atoms with van der Waals surface area (Å²) in [4.78, 5) is 72.6. The third-order valence-corrected chi connectivity index (χ3v) is 19.3. The lowest BCUT2D eigenvalue weighted by atomic mass is 9.99. The Labute approximate surface area is 556 Å². The minimum atomic E-state index is -4.95. The number of aliphatic hydroxyl groups excluding tert-OH is 1. The maximum Gasteiger partial charge on any atom is 0.472 e. The van der Waals surface area contributed by atoms with Gasteiger partial charge in [-0.2, -0.15) is 0 Å². The van der Waals surface area contributed by atoms with Gasteiger partial charge in [0.1, 0.15) is 19.3 Å². The SMILES string of the molecule is CCCCCCCCCCCCCCC(=O)O[C@H](COC(=O)CCCCCCCCC(C)CC)COP(=O)(O)OC[C@H](O)COP(=O)(O)OC[C@@H](COC(=O)CCCCCCCCCCC(C)CC)OC(=O)CCCCCCCCCCCCCCCCC(C)C. The summed E-state index contributed by atoms with van der Waals surface area (Å²) in [7, 11) is -9.90. The quantitative estimate of drug-likeness (QED) is 0.0222. The molecule has 0 aliphatic heterocycles. The zero-order valence-electron chi connectivity index (χ0n) is 59.3. The molecule has 0 amide bonds. The molecule has 0 aromatic rings. The minimum absolute atomic E-state index is 0.106. The van der Waals surface area contributed by atoms with Crippen LogP contribution >= 0.6 is 15.6 Å². The Morgan fingerprint density at radius 2 is 0.560 bits per heavy atom. The number of rotatable bonds is 70. The molecule has 0 bridgehead atoms. The van der Waals surface area contributed by atoms with Crippen molar-refractivity contribution in [2.75, 3.05) is 39.6 Å². The summed E-state index contributed by atoms with van der Waals surface area (Å²) in [5.74, 6) is 0.180. The number of phosphoric ester groups is 2. The molecule has 91 heavy (non-hydrogen) atoms. The van der Waals surface area contributed by atoms with Gasteiger partial charge in [0, 0.05) is 25.7 Å². The maximum atomic E-state index is 13.0. The molecule has 7 atom stereocenters. The number of esters is 4. The number of ether oxygens (including phenoxy) is 4. The molecular formula is C72H140O17P2. The molecule has 0 aromatic heterocycles. The van der Waals surface area contributed by atoms with Gasteiger partial charge in [0.2, 0.25) is 0 Å². The van der Waals surface area contributed by atoms with Crippen molar-refractivity contribution in [1.82, 2.24) is 0 Å². The molecule has 0 aliphatic rings. The van der Waals surface area contributed by atoms with Crippen LogP contribution in [0.1, 0.15) is 363 Å². The van der Waals surface area contributed by atoms with Crippen LogP contribution in [0.4, 0.5) is 0 Å². The summed E-state index contributed by atoms with van der Waals surface area (Å²) in [5.41, 5.74) is 0. The summed E-state index contributed by atoms with van der Waals surface area (Å²) < 4.78 is 68.4. The van der Waals surface area contributed by atoms with Crippen molar-refractivity contribution < 1.29 is 80.2 Å². The van der Waals surface area contributed by atoms with Crippen molar-refractivity contribution >= 4 is 39.5 Å². The van der Waals surface area contributed by atoms with Crippen molar-refractivity contribution in [2.45, 2.75) is 381 Å². The highest BCUT2D eigenvalue weighted by Crippen LogP contribution is 2.45. The molecule has 17 nitrogen and oxygen atoms in total. The van der Waals surface area contributed by atoms with Gasteiger partial charge in [-0.15, -0.1) is 0 Å². The van der Waals surface area contributed by atoms with E-state index in [1.807, 2.05) is 0 Å². The van der Waals surface area contributed by atoms with Crippen LogP contribution < -0.4 is 0 Å². The molecule has 0 saturated heterocycles. The number of hydrogen-bond acceptors (Lipinski definition) is 15. The van der Waals surface area contributed by atoms with Crippen molar-refractivity contribution in [1.29, 1.82) is 0 Å². The van der Waals surface area contributed by atoms with Crippen LogP contribution in [-0.4, -0.2) is 96.7 Å². The van der Waals surface area contributed by atoms with E-state index < -0.39 is 97.5 Å².